The number of para-hydroxylation sites is 1. The van der Waals surface area contributed by atoms with Gasteiger partial charge in [0.25, 0.3) is 0 Å². The van der Waals surface area contributed by atoms with Crippen LogP contribution in [0.15, 0.2) is 77.8 Å². The van der Waals surface area contributed by atoms with E-state index >= 15 is 0 Å². The molecule has 0 bridgehead atoms. The van der Waals surface area contributed by atoms with E-state index < -0.39 is 0 Å². The quantitative estimate of drug-likeness (QED) is 0.279. The summed E-state index contributed by atoms with van der Waals surface area (Å²) in [5.74, 6) is 1.28. The summed E-state index contributed by atoms with van der Waals surface area (Å²) in [6.07, 6.45) is 0. The number of hydrogen-bond acceptors (Lipinski definition) is 5. The number of carbonyl (C=O) groups excluding carboxylic acids is 1. The van der Waals surface area contributed by atoms with E-state index in [0.29, 0.717) is 12.1 Å². The second-order valence-corrected chi connectivity index (χ2v) is 8.71. The predicted octanol–water partition coefficient (Wildman–Crippen LogP) is 3.42. The summed E-state index contributed by atoms with van der Waals surface area (Å²) in [7, 11) is 3.05. The molecule has 32 heavy (non-hydrogen) atoms. The molecule has 0 fully saturated rings. The molecule has 5 aromatic rings. The van der Waals surface area contributed by atoms with Gasteiger partial charge in [-0.2, -0.15) is 0 Å². The van der Waals surface area contributed by atoms with Crippen LogP contribution in [0.25, 0.3) is 16.8 Å². The van der Waals surface area contributed by atoms with Crippen LogP contribution in [0.1, 0.15) is 15.9 Å². The average molecular weight is 491 g/mol. The fourth-order valence-electron chi connectivity index (χ4n) is 3.67. The Morgan fingerprint density at radius 2 is 1.78 bits per heavy atom. The van der Waals surface area contributed by atoms with Crippen LogP contribution in [0.3, 0.4) is 0 Å². The number of nitrogens with zero attached hydrogens (tertiary/aromatic N) is 4. The van der Waals surface area contributed by atoms with Crippen molar-refractivity contribution in [3.05, 3.63) is 88.3 Å². The first-order chi connectivity index (χ1) is 15.7. The molecular formula is C24H20N4O3Se. The normalized spacial score (nSPS) is 11.9. The van der Waals surface area contributed by atoms with Gasteiger partial charge in [-0.25, -0.2) is 0 Å². The Morgan fingerprint density at radius 1 is 1.00 bits per heavy atom. The van der Waals surface area contributed by atoms with Gasteiger partial charge >= 0.3 is 190 Å². The zero-order valence-corrected chi connectivity index (χ0v) is 19.3. The molecule has 0 radical (unpaired) electrons. The van der Waals surface area contributed by atoms with Crippen LogP contribution in [-0.2, 0) is 11.3 Å². The van der Waals surface area contributed by atoms with Crippen molar-refractivity contribution in [2.24, 2.45) is 4.99 Å². The van der Waals surface area contributed by atoms with Gasteiger partial charge in [0.15, 0.2) is 0 Å². The van der Waals surface area contributed by atoms with Crippen LogP contribution >= 0.6 is 0 Å². The van der Waals surface area contributed by atoms with E-state index in [1.165, 1.54) is 7.11 Å². The first-order valence-electron chi connectivity index (χ1n) is 9.99. The van der Waals surface area contributed by atoms with Gasteiger partial charge in [-0.1, -0.05) is 0 Å². The van der Waals surface area contributed by atoms with E-state index in [2.05, 4.69) is 8.97 Å². The third-order valence-electron chi connectivity index (χ3n) is 5.25. The molecule has 0 saturated carbocycles. The van der Waals surface area contributed by atoms with Crippen molar-refractivity contribution in [1.29, 1.82) is 0 Å². The zero-order valence-electron chi connectivity index (χ0n) is 17.6. The Hall–Kier alpha value is -3.61. The monoisotopic (exact) mass is 492 g/mol. The van der Waals surface area contributed by atoms with Crippen LogP contribution < -0.4 is 9.10 Å². The number of fused-ring (bicyclic) bond motifs is 3. The van der Waals surface area contributed by atoms with Crippen molar-refractivity contribution in [3.63, 3.8) is 0 Å². The fourth-order valence-corrected chi connectivity index (χ4v) is 5.24. The molecule has 0 saturated heterocycles. The minimum atomic E-state index is -0.369. The van der Waals surface area contributed by atoms with Crippen molar-refractivity contribution in [2.75, 3.05) is 14.2 Å². The Labute approximate surface area is 190 Å². The van der Waals surface area contributed by atoms with E-state index in [-0.39, 0.29) is 20.7 Å². The van der Waals surface area contributed by atoms with E-state index in [0.717, 1.165) is 38.2 Å². The Morgan fingerprint density at radius 3 is 2.50 bits per heavy atom. The van der Waals surface area contributed by atoms with Gasteiger partial charge in [0.2, 0.25) is 0 Å². The molecule has 0 amide bonds. The van der Waals surface area contributed by atoms with Gasteiger partial charge in [0, 0.05) is 0 Å². The SMILES string of the molecule is COC(=O)c1ccc2c(c1)n1c(=Nc3ccccc3)[se]nc1n2Cc1ccc(OC)cc1. The van der Waals surface area contributed by atoms with Crippen molar-refractivity contribution in [2.45, 2.75) is 6.54 Å². The molecule has 3 aromatic carbocycles. The van der Waals surface area contributed by atoms with Gasteiger partial charge in [0.1, 0.15) is 0 Å². The third-order valence-corrected chi connectivity index (χ3v) is 6.70. The second kappa shape index (κ2) is 8.49. The number of hydrogen-bond donors (Lipinski definition) is 0. The average Bonchev–Trinajstić information content (AvgIpc) is 3.38. The molecule has 7 nitrogen and oxygen atoms in total. The molecular weight excluding hydrogens is 471 g/mol. The summed E-state index contributed by atoms with van der Waals surface area (Å²) >= 11 is -0.178. The maximum absolute atomic E-state index is 12.2. The minimum absolute atomic E-state index is 0.178. The van der Waals surface area contributed by atoms with Crippen LogP contribution in [0, 0.1) is 0 Å². The van der Waals surface area contributed by atoms with Crippen LogP contribution in [-0.4, -0.2) is 47.9 Å². The van der Waals surface area contributed by atoms with Gasteiger partial charge in [-0.15, -0.1) is 0 Å². The van der Waals surface area contributed by atoms with E-state index in [1.54, 1.807) is 13.2 Å². The van der Waals surface area contributed by atoms with Gasteiger partial charge < -0.3 is 0 Å². The molecule has 8 heteroatoms. The summed E-state index contributed by atoms with van der Waals surface area (Å²) in [5, 5.41) is 0. The van der Waals surface area contributed by atoms with Crippen LogP contribution in [0.2, 0.25) is 0 Å². The number of esters is 1. The summed E-state index contributed by atoms with van der Waals surface area (Å²) in [4.78, 5) is 17.0. The summed E-state index contributed by atoms with van der Waals surface area (Å²) in [6.45, 7) is 0.637. The Bertz CT molecular complexity index is 1480. The molecule has 0 atom stereocenters. The molecule has 0 aliphatic rings. The van der Waals surface area contributed by atoms with Gasteiger partial charge in [-0.3, -0.25) is 0 Å². The van der Waals surface area contributed by atoms with Gasteiger partial charge in [-0.05, 0) is 0 Å². The molecule has 0 N–H and O–H groups in total. The first kappa shape index (κ1) is 20.3. The van der Waals surface area contributed by atoms with E-state index in [9.17, 15) is 4.79 Å². The topological polar surface area (TPSA) is 70.1 Å². The number of ether oxygens (including phenoxy) is 2. The molecule has 5 rings (SSSR count). The van der Waals surface area contributed by atoms with Crippen molar-refractivity contribution >= 4 is 43.2 Å². The maximum atomic E-state index is 12.2. The zero-order chi connectivity index (χ0) is 22.1. The summed E-state index contributed by atoms with van der Waals surface area (Å²) in [6, 6.07) is 23.4. The van der Waals surface area contributed by atoms with E-state index in [4.69, 9.17) is 18.4 Å². The molecule has 0 unspecified atom stereocenters. The van der Waals surface area contributed by atoms with Gasteiger partial charge in [0.05, 0.1) is 0 Å². The Balaban J connectivity index is 1.73. The Kier molecular flexibility index (Phi) is 5.39. The summed E-state index contributed by atoms with van der Waals surface area (Å²) < 4.78 is 20.2. The third kappa shape index (κ3) is 3.64. The number of rotatable bonds is 5. The molecule has 0 aliphatic carbocycles. The van der Waals surface area contributed by atoms with E-state index in [1.807, 2.05) is 66.7 Å². The fraction of sp³-hybridized carbons (Fsp3) is 0.125. The van der Waals surface area contributed by atoms with Crippen molar-refractivity contribution in [3.8, 4) is 5.75 Å². The molecule has 160 valence electrons. The second-order valence-electron chi connectivity index (χ2n) is 7.18. The number of imidazole rings is 1. The first-order valence-corrected chi connectivity index (χ1v) is 11.6. The molecule has 0 spiro atoms. The molecule has 2 aromatic heterocycles. The van der Waals surface area contributed by atoms with Crippen molar-refractivity contribution in [1.82, 2.24) is 12.9 Å². The number of aromatic nitrogens is 3. The standard InChI is InChI=1S/C24H20N4O3Se/c1-30-19-11-8-16(9-12-19)15-27-20-13-10-17(22(29)31-2)14-21(20)28-23(27)26-32-24(28)25-18-6-4-3-5-7-18/h3-14H,15H2,1-2H3. The molecule has 2 heterocycles. The molecule has 0 aliphatic heterocycles. The van der Waals surface area contributed by atoms with Crippen LogP contribution in [0.5, 0.6) is 5.75 Å². The predicted molar refractivity (Wildman–Crippen MR) is 123 cm³/mol. The van der Waals surface area contributed by atoms with Crippen molar-refractivity contribution < 1.29 is 14.3 Å². The van der Waals surface area contributed by atoms with Crippen LogP contribution in [0.4, 0.5) is 5.69 Å². The summed E-state index contributed by atoms with van der Waals surface area (Å²) in [5.41, 5.74) is 4.35. The number of methoxy groups -OCH3 is 2. The number of carbonyl (C=O) groups is 1. The number of benzene rings is 3.